The highest BCUT2D eigenvalue weighted by Crippen LogP contribution is 2.32. The predicted molar refractivity (Wildman–Crippen MR) is 66.6 cm³/mol. The first kappa shape index (κ1) is 11.4. The summed E-state index contributed by atoms with van der Waals surface area (Å²) in [6, 6.07) is 8.89. The lowest BCUT2D eigenvalue weighted by Crippen LogP contribution is -2.52. The van der Waals surface area contributed by atoms with Crippen molar-refractivity contribution in [3.63, 3.8) is 0 Å². The Hall–Kier alpha value is -1.06. The Morgan fingerprint density at radius 2 is 2.19 bits per heavy atom. The normalized spacial score (nSPS) is 23.0. The van der Waals surface area contributed by atoms with E-state index in [1.807, 2.05) is 6.92 Å². The minimum Gasteiger partial charge on any atom is -0.394 e. The minimum absolute atomic E-state index is 0.0123. The molecular formula is C13H20N2O. The predicted octanol–water partition coefficient (Wildman–Crippen LogP) is 1.15. The van der Waals surface area contributed by atoms with E-state index in [9.17, 15) is 5.11 Å². The van der Waals surface area contributed by atoms with E-state index in [1.54, 1.807) is 0 Å². The molecule has 3 nitrogen and oxygen atoms in total. The summed E-state index contributed by atoms with van der Waals surface area (Å²) in [5.74, 6) is 0. The van der Waals surface area contributed by atoms with Gasteiger partial charge in [0.2, 0.25) is 0 Å². The quantitative estimate of drug-likeness (QED) is 0.803. The van der Waals surface area contributed by atoms with Crippen LogP contribution >= 0.6 is 0 Å². The van der Waals surface area contributed by atoms with Crippen LogP contribution in [0, 0.1) is 0 Å². The van der Waals surface area contributed by atoms with E-state index < -0.39 is 5.54 Å². The van der Waals surface area contributed by atoms with Gasteiger partial charge in [-0.3, -0.25) is 0 Å². The molecule has 1 aliphatic rings. The number of anilines is 1. The number of nitrogens with two attached hydrogens (primary N) is 1. The van der Waals surface area contributed by atoms with Crippen molar-refractivity contribution in [2.45, 2.75) is 31.8 Å². The van der Waals surface area contributed by atoms with Gasteiger partial charge < -0.3 is 15.7 Å². The molecule has 0 fully saturated rings. The van der Waals surface area contributed by atoms with Gasteiger partial charge in [0.25, 0.3) is 0 Å². The molecule has 0 radical (unpaired) electrons. The van der Waals surface area contributed by atoms with Crippen molar-refractivity contribution in [1.29, 1.82) is 0 Å². The van der Waals surface area contributed by atoms with Crippen LogP contribution < -0.4 is 10.6 Å². The van der Waals surface area contributed by atoms with Crippen molar-refractivity contribution in [3.05, 3.63) is 29.8 Å². The Morgan fingerprint density at radius 1 is 1.50 bits per heavy atom. The zero-order chi connectivity index (χ0) is 11.8. The van der Waals surface area contributed by atoms with E-state index in [-0.39, 0.29) is 6.61 Å². The number of para-hydroxylation sites is 1. The Balaban J connectivity index is 2.22. The van der Waals surface area contributed by atoms with E-state index in [0.29, 0.717) is 12.6 Å². The summed E-state index contributed by atoms with van der Waals surface area (Å²) in [6.45, 7) is 4.80. The lowest BCUT2D eigenvalue weighted by atomic mass is 10.0. The third-order valence-corrected chi connectivity index (χ3v) is 3.24. The summed E-state index contributed by atoms with van der Waals surface area (Å²) in [6.07, 6.45) is 1.07. The smallest absolute Gasteiger partial charge is 0.0625 e. The minimum atomic E-state index is -0.536. The molecule has 0 amide bonds. The number of rotatable bonds is 3. The van der Waals surface area contributed by atoms with Crippen molar-refractivity contribution in [2.75, 3.05) is 18.1 Å². The zero-order valence-electron chi connectivity index (χ0n) is 9.98. The maximum absolute atomic E-state index is 9.24. The van der Waals surface area contributed by atoms with Gasteiger partial charge in [0, 0.05) is 18.3 Å². The molecule has 1 aromatic carbocycles. The van der Waals surface area contributed by atoms with Crippen molar-refractivity contribution in [3.8, 4) is 0 Å². The zero-order valence-corrected chi connectivity index (χ0v) is 9.98. The molecule has 0 aromatic heterocycles. The molecule has 2 unspecified atom stereocenters. The third kappa shape index (κ3) is 2.06. The van der Waals surface area contributed by atoms with Gasteiger partial charge in [-0.25, -0.2) is 0 Å². The van der Waals surface area contributed by atoms with Crippen LogP contribution in [0.5, 0.6) is 0 Å². The summed E-state index contributed by atoms with van der Waals surface area (Å²) in [5, 5.41) is 9.24. The van der Waals surface area contributed by atoms with Gasteiger partial charge in [-0.2, -0.15) is 0 Å². The molecule has 0 saturated carbocycles. The molecule has 88 valence electrons. The topological polar surface area (TPSA) is 49.5 Å². The highest BCUT2D eigenvalue weighted by atomic mass is 16.3. The Kier molecular flexibility index (Phi) is 2.91. The number of aliphatic hydroxyl groups excluding tert-OH is 1. The van der Waals surface area contributed by atoms with Gasteiger partial charge in [0.05, 0.1) is 12.1 Å². The highest BCUT2D eigenvalue weighted by Gasteiger charge is 2.30. The number of hydrogen-bond acceptors (Lipinski definition) is 3. The second kappa shape index (κ2) is 4.07. The largest absolute Gasteiger partial charge is 0.394 e. The number of aliphatic hydroxyl groups is 1. The standard InChI is InChI=1S/C13H20N2O/c1-10-7-11-5-3-4-6-12(11)15(10)8-13(2,14)9-16/h3-6,10,16H,7-9,14H2,1-2H3. The molecule has 1 heterocycles. The molecule has 0 aliphatic carbocycles. The maximum atomic E-state index is 9.24. The van der Waals surface area contributed by atoms with Gasteiger partial charge in [-0.05, 0) is 31.9 Å². The van der Waals surface area contributed by atoms with Crippen molar-refractivity contribution >= 4 is 5.69 Å². The third-order valence-electron chi connectivity index (χ3n) is 3.24. The van der Waals surface area contributed by atoms with E-state index in [1.165, 1.54) is 11.3 Å². The van der Waals surface area contributed by atoms with E-state index in [0.717, 1.165) is 6.42 Å². The lowest BCUT2D eigenvalue weighted by Gasteiger charge is -2.33. The Morgan fingerprint density at radius 3 is 2.88 bits per heavy atom. The van der Waals surface area contributed by atoms with Gasteiger partial charge in [-0.15, -0.1) is 0 Å². The summed E-state index contributed by atoms with van der Waals surface area (Å²) in [4.78, 5) is 2.30. The van der Waals surface area contributed by atoms with Crippen LogP contribution in [0.25, 0.3) is 0 Å². The molecule has 3 heteroatoms. The summed E-state index contributed by atoms with van der Waals surface area (Å²) in [5.41, 5.74) is 8.13. The molecule has 0 bridgehead atoms. The molecule has 1 aliphatic heterocycles. The van der Waals surface area contributed by atoms with Gasteiger partial charge in [0.1, 0.15) is 0 Å². The maximum Gasteiger partial charge on any atom is 0.0625 e. The fourth-order valence-corrected chi connectivity index (χ4v) is 2.31. The van der Waals surface area contributed by atoms with Gasteiger partial charge >= 0.3 is 0 Å². The second-order valence-electron chi connectivity index (χ2n) is 5.12. The molecule has 0 spiro atoms. The second-order valence-corrected chi connectivity index (χ2v) is 5.12. The molecule has 2 rings (SSSR count). The van der Waals surface area contributed by atoms with Gasteiger partial charge in [-0.1, -0.05) is 18.2 Å². The first-order chi connectivity index (χ1) is 7.53. The number of nitrogens with zero attached hydrogens (tertiary/aromatic N) is 1. The van der Waals surface area contributed by atoms with Crippen LogP contribution in [0.15, 0.2) is 24.3 Å². The highest BCUT2D eigenvalue weighted by molar-refractivity contribution is 5.59. The van der Waals surface area contributed by atoms with E-state index in [4.69, 9.17) is 5.73 Å². The Bertz CT molecular complexity index is 376. The lowest BCUT2D eigenvalue weighted by molar-refractivity contribution is 0.210. The van der Waals surface area contributed by atoms with Crippen LogP contribution in [0.4, 0.5) is 5.69 Å². The average Bonchev–Trinajstić information content (AvgIpc) is 2.56. The summed E-state index contributed by atoms with van der Waals surface area (Å²) >= 11 is 0. The Labute approximate surface area is 96.9 Å². The molecule has 16 heavy (non-hydrogen) atoms. The monoisotopic (exact) mass is 220 g/mol. The van der Waals surface area contributed by atoms with E-state index in [2.05, 4.69) is 36.1 Å². The van der Waals surface area contributed by atoms with Crippen molar-refractivity contribution < 1.29 is 5.11 Å². The van der Waals surface area contributed by atoms with E-state index >= 15 is 0 Å². The summed E-state index contributed by atoms with van der Waals surface area (Å²) < 4.78 is 0. The van der Waals surface area contributed by atoms with Crippen LogP contribution in [0.2, 0.25) is 0 Å². The molecule has 2 atom stereocenters. The number of fused-ring (bicyclic) bond motifs is 1. The fraction of sp³-hybridized carbons (Fsp3) is 0.538. The van der Waals surface area contributed by atoms with Crippen LogP contribution in [0.1, 0.15) is 19.4 Å². The molecule has 1 aromatic rings. The summed E-state index contributed by atoms with van der Waals surface area (Å²) in [7, 11) is 0. The fourth-order valence-electron chi connectivity index (χ4n) is 2.31. The first-order valence-corrected chi connectivity index (χ1v) is 5.78. The van der Waals surface area contributed by atoms with Crippen LogP contribution in [-0.4, -0.2) is 29.8 Å². The van der Waals surface area contributed by atoms with Crippen molar-refractivity contribution in [1.82, 2.24) is 0 Å². The SMILES string of the molecule is CC1Cc2ccccc2N1CC(C)(N)CO. The molecule has 0 saturated heterocycles. The molecular weight excluding hydrogens is 200 g/mol. The number of benzene rings is 1. The van der Waals surface area contributed by atoms with Crippen molar-refractivity contribution in [2.24, 2.45) is 5.73 Å². The van der Waals surface area contributed by atoms with Crippen LogP contribution in [0.3, 0.4) is 0 Å². The number of hydrogen-bond donors (Lipinski definition) is 2. The first-order valence-electron chi connectivity index (χ1n) is 5.78. The average molecular weight is 220 g/mol. The molecule has 3 N–H and O–H groups in total. The van der Waals surface area contributed by atoms with Gasteiger partial charge in [0.15, 0.2) is 0 Å². The van der Waals surface area contributed by atoms with Crippen LogP contribution in [-0.2, 0) is 6.42 Å².